The summed E-state index contributed by atoms with van der Waals surface area (Å²) in [4.78, 5) is 2.24. The van der Waals surface area contributed by atoms with Crippen molar-refractivity contribution in [2.24, 2.45) is 0 Å². The Morgan fingerprint density at radius 1 is 0.974 bits per heavy atom. The van der Waals surface area contributed by atoms with E-state index in [4.69, 9.17) is 0 Å². The molecule has 38 heavy (non-hydrogen) atoms. The Morgan fingerprint density at radius 2 is 1.68 bits per heavy atom. The van der Waals surface area contributed by atoms with Crippen LogP contribution in [0.2, 0.25) is 0 Å². The highest BCUT2D eigenvalue weighted by molar-refractivity contribution is 6.01. The highest BCUT2D eigenvalue weighted by atomic mass is 16.3. The van der Waals surface area contributed by atoms with Gasteiger partial charge in [0.25, 0.3) is 0 Å². The van der Waals surface area contributed by atoms with E-state index in [1.165, 1.54) is 38.7 Å². The zero-order valence-corrected chi connectivity index (χ0v) is 23.4. The second kappa shape index (κ2) is 10.3. The van der Waals surface area contributed by atoms with Crippen molar-refractivity contribution in [2.75, 3.05) is 18.4 Å². The zero-order chi connectivity index (χ0) is 27.0. The minimum atomic E-state index is -0.525. The first kappa shape index (κ1) is 26.1. The second-order valence-electron chi connectivity index (χ2n) is 11.6. The smallest absolute Gasteiger partial charge is 0.0967 e. The lowest BCUT2D eigenvalue weighted by molar-refractivity contribution is 0.146. The number of rotatable bonds is 5. The molecule has 1 unspecified atom stereocenters. The van der Waals surface area contributed by atoms with Gasteiger partial charge in [0.2, 0.25) is 0 Å². The number of aliphatic hydroxyl groups is 1. The van der Waals surface area contributed by atoms with Crippen LogP contribution in [0.3, 0.4) is 0 Å². The van der Waals surface area contributed by atoms with Crippen LogP contribution in [0, 0.1) is 6.92 Å². The zero-order valence-electron chi connectivity index (χ0n) is 23.4. The van der Waals surface area contributed by atoms with Gasteiger partial charge in [-0.05, 0) is 70.5 Å². The van der Waals surface area contributed by atoms with Gasteiger partial charge in [0.15, 0.2) is 0 Å². The minimum absolute atomic E-state index is 0.0779. The van der Waals surface area contributed by atoms with E-state index in [-0.39, 0.29) is 5.41 Å². The Morgan fingerprint density at radius 3 is 2.42 bits per heavy atom. The maximum absolute atomic E-state index is 11.0. The molecule has 1 atom stereocenters. The predicted molar refractivity (Wildman–Crippen MR) is 162 cm³/mol. The SMILES string of the molecule is C=C(c1ccc(Nc2cc(C(C)(C)C)cc(C)c2CC)c2ccccc12)N1CCc2ccccc2C(O)C1. The van der Waals surface area contributed by atoms with Crippen molar-refractivity contribution < 1.29 is 5.11 Å². The quantitative estimate of drug-likeness (QED) is 0.287. The molecule has 0 amide bonds. The van der Waals surface area contributed by atoms with Gasteiger partial charge < -0.3 is 15.3 Å². The first-order valence-electron chi connectivity index (χ1n) is 13.8. The van der Waals surface area contributed by atoms with E-state index in [1.54, 1.807) is 0 Å². The maximum atomic E-state index is 11.0. The Labute approximate surface area is 227 Å². The first-order valence-corrected chi connectivity index (χ1v) is 13.8. The number of aliphatic hydroxyl groups excluding tert-OH is 1. The number of nitrogens with zero attached hydrogens (tertiary/aromatic N) is 1. The Balaban J connectivity index is 1.51. The normalized spacial score (nSPS) is 15.7. The van der Waals surface area contributed by atoms with Crippen molar-refractivity contribution >= 4 is 27.8 Å². The molecule has 0 aliphatic carbocycles. The van der Waals surface area contributed by atoms with E-state index in [0.717, 1.165) is 41.9 Å². The monoisotopic (exact) mass is 504 g/mol. The Hall–Kier alpha value is -3.56. The standard InChI is InChI=1S/C35H40N2O/c1-7-27-23(2)20-26(35(4,5)6)21-33(27)36-32-17-16-28(30-14-10-11-15-31(30)32)24(3)37-19-18-25-12-8-9-13-29(25)34(38)22-37/h8-17,20-21,34,36,38H,3,7,18-19,22H2,1-2,4-6H3. The molecule has 3 nitrogen and oxygen atoms in total. The molecule has 0 saturated carbocycles. The minimum Gasteiger partial charge on any atom is -0.387 e. The third kappa shape index (κ3) is 4.96. The van der Waals surface area contributed by atoms with Crippen LogP contribution < -0.4 is 5.32 Å². The largest absolute Gasteiger partial charge is 0.387 e. The van der Waals surface area contributed by atoms with Crippen LogP contribution in [-0.2, 0) is 18.3 Å². The summed E-state index contributed by atoms with van der Waals surface area (Å²) < 4.78 is 0. The number of hydrogen-bond donors (Lipinski definition) is 2. The van der Waals surface area contributed by atoms with Crippen molar-refractivity contribution in [1.29, 1.82) is 0 Å². The molecule has 4 aromatic carbocycles. The molecule has 3 heteroatoms. The number of aryl methyl sites for hydroxylation is 1. The van der Waals surface area contributed by atoms with Crippen LogP contribution >= 0.6 is 0 Å². The molecule has 0 aromatic heterocycles. The van der Waals surface area contributed by atoms with Crippen molar-refractivity contribution in [3.8, 4) is 0 Å². The lowest BCUT2D eigenvalue weighted by Gasteiger charge is -2.28. The number of benzene rings is 4. The van der Waals surface area contributed by atoms with Crippen molar-refractivity contribution in [1.82, 2.24) is 4.90 Å². The summed E-state index contributed by atoms with van der Waals surface area (Å²) in [6.07, 6.45) is 1.35. The summed E-state index contributed by atoms with van der Waals surface area (Å²) >= 11 is 0. The lowest BCUT2D eigenvalue weighted by Crippen LogP contribution is -2.26. The van der Waals surface area contributed by atoms with Gasteiger partial charge in [-0.1, -0.05) is 94.9 Å². The predicted octanol–water partition coefficient (Wildman–Crippen LogP) is 8.31. The van der Waals surface area contributed by atoms with Gasteiger partial charge in [0.05, 0.1) is 6.10 Å². The van der Waals surface area contributed by atoms with Crippen molar-refractivity contribution in [3.05, 3.63) is 113 Å². The number of β-amino-alcohol motifs (C(OH)–C–C–N with tert-alkyl or cyclic N) is 1. The Kier molecular flexibility index (Phi) is 7.07. The molecule has 2 N–H and O–H groups in total. The van der Waals surface area contributed by atoms with Crippen molar-refractivity contribution in [2.45, 2.75) is 59.0 Å². The van der Waals surface area contributed by atoms with E-state index in [0.29, 0.717) is 6.54 Å². The fourth-order valence-corrected chi connectivity index (χ4v) is 5.79. The summed E-state index contributed by atoms with van der Waals surface area (Å²) in [6, 6.07) is 25.8. The lowest BCUT2D eigenvalue weighted by atomic mass is 9.84. The third-order valence-corrected chi connectivity index (χ3v) is 8.04. The van der Waals surface area contributed by atoms with Gasteiger partial charge in [0.1, 0.15) is 0 Å². The molecule has 0 bridgehead atoms. The highest BCUT2D eigenvalue weighted by Gasteiger charge is 2.23. The molecule has 196 valence electrons. The Bertz CT molecular complexity index is 1490. The van der Waals surface area contributed by atoms with E-state index in [1.807, 2.05) is 12.1 Å². The average Bonchev–Trinajstić information content (AvgIpc) is 3.07. The number of anilines is 2. The molecule has 0 radical (unpaired) electrons. The average molecular weight is 505 g/mol. The molecule has 0 fully saturated rings. The van der Waals surface area contributed by atoms with Crippen molar-refractivity contribution in [3.63, 3.8) is 0 Å². The molecule has 0 spiro atoms. The van der Waals surface area contributed by atoms with Crippen LogP contribution in [-0.4, -0.2) is 23.1 Å². The van der Waals surface area contributed by atoms with Gasteiger partial charge in [-0.15, -0.1) is 0 Å². The van der Waals surface area contributed by atoms with E-state index >= 15 is 0 Å². The summed E-state index contributed by atoms with van der Waals surface area (Å²) in [7, 11) is 0. The molecule has 5 rings (SSSR count). The molecule has 4 aromatic rings. The van der Waals surface area contributed by atoms with Crippen LogP contribution in [0.25, 0.3) is 16.5 Å². The van der Waals surface area contributed by atoms with Crippen LogP contribution in [0.4, 0.5) is 11.4 Å². The summed E-state index contributed by atoms with van der Waals surface area (Å²) in [5, 5.41) is 17.1. The molecule has 0 saturated heterocycles. The topological polar surface area (TPSA) is 35.5 Å². The fourth-order valence-electron chi connectivity index (χ4n) is 5.79. The van der Waals surface area contributed by atoms with E-state index in [9.17, 15) is 5.11 Å². The maximum Gasteiger partial charge on any atom is 0.0967 e. The van der Waals surface area contributed by atoms with Gasteiger partial charge in [-0.25, -0.2) is 0 Å². The highest BCUT2D eigenvalue weighted by Crippen LogP contribution is 2.37. The summed E-state index contributed by atoms with van der Waals surface area (Å²) in [5.41, 5.74) is 10.7. The molecule has 1 aliphatic heterocycles. The van der Waals surface area contributed by atoms with E-state index in [2.05, 4.69) is 112 Å². The van der Waals surface area contributed by atoms with Crippen LogP contribution in [0.5, 0.6) is 0 Å². The van der Waals surface area contributed by atoms with Gasteiger partial charge in [-0.2, -0.15) is 0 Å². The van der Waals surface area contributed by atoms with Crippen LogP contribution in [0.15, 0.2) is 79.4 Å². The number of fused-ring (bicyclic) bond motifs is 2. The first-order chi connectivity index (χ1) is 18.2. The molecule has 1 aliphatic rings. The third-order valence-electron chi connectivity index (χ3n) is 8.04. The number of nitrogens with one attached hydrogen (secondary N) is 1. The van der Waals surface area contributed by atoms with E-state index < -0.39 is 6.10 Å². The van der Waals surface area contributed by atoms with Gasteiger partial charge in [-0.3, -0.25) is 0 Å². The molecular weight excluding hydrogens is 464 g/mol. The van der Waals surface area contributed by atoms with Crippen LogP contribution in [0.1, 0.15) is 67.2 Å². The molecule has 1 heterocycles. The van der Waals surface area contributed by atoms with Gasteiger partial charge in [0, 0.05) is 41.1 Å². The fraction of sp³-hybridized carbons (Fsp3) is 0.314. The summed E-state index contributed by atoms with van der Waals surface area (Å²) in [6.45, 7) is 17.2. The molecular formula is C35H40N2O. The van der Waals surface area contributed by atoms with Gasteiger partial charge >= 0.3 is 0 Å². The second-order valence-corrected chi connectivity index (χ2v) is 11.6. The summed E-state index contributed by atoms with van der Waals surface area (Å²) in [5.74, 6) is 0. The number of hydrogen-bond acceptors (Lipinski definition) is 3.